The predicted molar refractivity (Wildman–Crippen MR) is 79.2 cm³/mol. The van der Waals surface area contributed by atoms with Gasteiger partial charge in [-0.05, 0) is 36.4 Å². The molecule has 0 unspecified atom stereocenters. The Morgan fingerprint density at radius 1 is 0.952 bits per heavy atom. The normalized spacial score (nSPS) is 9.76. The van der Waals surface area contributed by atoms with E-state index in [-0.39, 0.29) is 6.54 Å². The molecule has 6 nitrogen and oxygen atoms in total. The number of rotatable bonds is 4. The lowest BCUT2D eigenvalue weighted by Crippen LogP contribution is -2.38. The Morgan fingerprint density at radius 2 is 1.57 bits per heavy atom. The zero-order chi connectivity index (χ0) is 15.1. The molecule has 0 heterocycles. The maximum absolute atomic E-state index is 11.4. The number of ether oxygens (including phenoxy) is 1. The van der Waals surface area contributed by atoms with Crippen molar-refractivity contribution < 1.29 is 14.3 Å². The molecule has 0 aliphatic rings. The smallest absolute Gasteiger partial charge is 0.325 e. The van der Waals surface area contributed by atoms with Gasteiger partial charge in [-0.2, -0.15) is 0 Å². The Hall–Kier alpha value is -2.86. The first-order chi connectivity index (χ1) is 10.2. The van der Waals surface area contributed by atoms with Gasteiger partial charge in [-0.15, -0.1) is 0 Å². The van der Waals surface area contributed by atoms with Gasteiger partial charge in [-0.1, -0.05) is 18.2 Å². The molecule has 2 aromatic rings. The first-order valence-electron chi connectivity index (χ1n) is 6.31. The second kappa shape index (κ2) is 7.06. The van der Waals surface area contributed by atoms with Gasteiger partial charge in [0.25, 0.3) is 0 Å². The maximum Gasteiger partial charge on any atom is 0.325 e. The van der Waals surface area contributed by atoms with E-state index in [1.807, 2.05) is 30.3 Å². The summed E-state index contributed by atoms with van der Waals surface area (Å²) in [5.74, 6) is 0.825. The van der Waals surface area contributed by atoms with E-state index in [9.17, 15) is 9.59 Å². The van der Waals surface area contributed by atoms with E-state index in [1.54, 1.807) is 24.3 Å². The molecular weight excluding hydrogens is 270 g/mol. The third-order valence-corrected chi connectivity index (χ3v) is 2.53. The predicted octanol–water partition coefficient (Wildman–Crippen LogP) is 2.09. The quantitative estimate of drug-likeness (QED) is 0.801. The van der Waals surface area contributed by atoms with Crippen LogP contribution in [0.2, 0.25) is 0 Å². The summed E-state index contributed by atoms with van der Waals surface area (Å²) in [5, 5.41) is 4.60. The van der Waals surface area contributed by atoms with Crippen molar-refractivity contribution in [3.8, 4) is 11.5 Å². The van der Waals surface area contributed by atoms with Gasteiger partial charge in [0, 0.05) is 5.69 Å². The van der Waals surface area contributed by atoms with Crippen molar-refractivity contribution in [3.63, 3.8) is 0 Å². The number of hydrogen-bond acceptors (Lipinski definition) is 4. The summed E-state index contributed by atoms with van der Waals surface area (Å²) in [6.07, 6.45) is 0. The van der Waals surface area contributed by atoms with Crippen molar-refractivity contribution in [2.75, 3.05) is 11.9 Å². The molecule has 3 amide bonds. The Kier molecular flexibility index (Phi) is 4.89. The molecule has 21 heavy (non-hydrogen) atoms. The van der Waals surface area contributed by atoms with Crippen LogP contribution in [0.3, 0.4) is 0 Å². The molecule has 0 saturated heterocycles. The summed E-state index contributed by atoms with van der Waals surface area (Å²) >= 11 is 0. The summed E-state index contributed by atoms with van der Waals surface area (Å²) < 4.78 is 5.62. The largest absolute Gasteiger partial charge is 0.457 e. The average molecular weight is 285 g/mol. The van der Waals surface area contributed by atoms with Crippen LogP contribution in [-0.2, 0) is 4.79 Å². The van der Waals surface area contributed by atoms with E-state index in [4.69, 9.17) is 10.5 Å². The van der Waals surface area contributed by atoms with Crippen LogP contribution < -0.4 is 21.1 Å². The Bertz CT molecular complexity index is 612. The number of imide groups is 1. The number of nitrogens with two attached hydrogens (primary N) is 1. The Labute approximate surface area is 121 Å². The lowest BCUT2D eigenvalue weighted by Gasteiger charge is -2.08. The maximum atomic E-state index is 11.4. The van der Waals surface area contributed by atoms with Gasteiger partial charge in [0.05, 0.1) is 6.54 Å². The van der Waals surface area contributed by atoms with E-state index in [0.717, 1.165) is 5.75 Å². The van der Waals surface area contributed by atoms with E-state index in [2.05, 4.69) is 10.6 Å². The van der Waals surface area contributed by atoms with Gasteiger partial charge in [0.1, 0.15) is 11.5 Å². The van der Waals surface area contributed by atoms with Crippen LogP contribution in [0.25, 0.3) is 0 Å². The number of hydrogen-bond donors (Lipinski definition) is 3. The first-order valence-corrected chi connectivity index (χ1v) is 6.31. The molecule has 0 aliphatic carbocycles. The second-order valence-corrected chi connectivity index (χ2v) is 4.15. The van der Waals surface area contributed by atoms with Crippen LogP contribution in [0.15, 0.2) is 54.6 Å². The Morgan fingerprint density at radius 3 is 2.19 bits per heavy atom. The summed E-state index contributed by atoms with van der Waals surface area (Å²) in [7, 11) is 0. The molecule has 4 N–H and O–H groups in total. The van der Waals surface area contributed by atoms with Crippen molar-refractivity contribution in [1.82, 2.24) is 5.32 Å². The van der Waals surface area contributed by atoms with Crippen molar-refractivity contribution >= 4 is 17.6 Å². The fourth-order valence-corrected chi connectivity index (χ4v) is 1.57. The fraction of sp³-hybridized carbons (Fsp3) is 0.0667. The minimum atomic E-state index is -0.623. The van der Waals surface area contributed by atoms with Gasteiger partial charge in [0.2, 0.25) is 5.91 Å². The molecule has 0 spiro atoms. The van der Waals surface area contributed by atoms with Crippen LogP contribution in [0.4, 0.5) is 10.5 Å². The van der Waals surface area contributed by atoms with Crippen LogP contribution in [0.1, 0.15) is 0 Å². The molecule has 0 atom stereocenters. The SMILES string of the molecule is NCC(=O)NC(=O)Nc1ccc(Oc2ccccc2)cc1. The highest BCUT2D eigenvalue weighted by Gasteiger charge is 2.06. The minimum Gasteiger partial charge on any atom is -0.457 e. The molecule has 0 saturated carbocycles. The summed E-state index contributed by atoms with van der Waals surface area (Å²) in [6, 6.07) is 15.5. The molecule has 0 fully saturated rings. The molecule has 0 radical (unpaired) electrons. The highest BCUT2D eigenvalue weighted by atomic mass is 16.5. The standard InChI is InChI=1S/C15H15N3O3/c16-10-14(19)18-15(20)17-11-6-8-13(9-7-11)21-12-4-2-1-3-5-12/h1-9H,10,16H2,(H2,17,18,19,20). The van der Waals surface area contributed by atoms with Crippen LogP contribution >= 0.6 is 0 Å². The van der Waals surface area contributed by atoms with Crippen LogP contribution in [0.5, 0.6) is 11.5 Å². The molecular formula is C15H15N3O3. The fourth-order valence-electron chi connectivity index (χ4n) is 1.57. The summed E-state index contributed by atoms with van der Waals surface area (Å²) in [5.41, 5.74) is 5.64. The third-order valence-electron chi connectivity index (χ3n) is 2.53. The van der Waals surface area contributed by atoms with Crippen molar-refractivity contribution in [2.45, 2.75) is 0 Å². The average Bonchev–Trinajstić information content (AvgIpc) is 2.50. The lowest BCUT2D eigenvalue weighted by atomic mass is 10.3. The van der Waals surface area contributed by atoms with Crippen molar-refractivity contribution in [1.29, 1.82) is 0 Å². The lowest BCUT2D eigenvalue weighted by molar-refractivity contribution is -0.118. The molecule has 0 aliphatic heterocycles. The zero-order valence-electron chi connectivity index (χ0n) is 11.2. The van der Waals surface area contributed by atoms with E-state index < -0.39 is 11.9 Å². The molecule has 0 bridgehead atoms. The number of urea groups is 1. The van der Waals surface area contributed by atoms with Crippen LogP contribution in [-0.4, -0.2) is 18.5 Å². The van der Waals surface area contributed by atoms with Gasteiger partial charge < -0.3 is 15.8 Å². The number of para-hydroxylation sites is 1. The number of carbonyl (C=O) groups excluding carboxylic acids is 2. The molecule has 6 heteroatoms. The van der Waals surface area contributed by atoms with Gasteiger partial charge in [-0.25, -0.2) is 4.79 Å². The second-order valence-electron chi connectivity index (χ2n) is 4.15. The minimum absolute atomic E-state index is 0.239. The number of benzene rings is 2. The number of nitrogens with one attached hydrogen (secondary N) is 2. The summed E-state index contributed by atoms with van der Waals surface area (Å²) in [4.78, 5) is 22.4. The molecule has 0 aromatic heterocycles. The number of carbonyl (C=O) groups is 2. The number of amides is 3. The van der Waals surface area contributed by atoms with Gasteiger partial charge in [-0.3, -0.25) is 10.1 Å². The molecule has 2 aromatic carbocycles. The van der Waals surface area contributed by atoms with Crippen molar-refractivity contribution in [3.05, 3.63) is 54.6 Å². The zero-order valence-corrected chi connectivity index (χ0v) is 11.2. The Balaban J connectivity index is 1.93. The van der Waals surface area contributed by atoms with E-state index in [1.165, 1.54) is 0 Å². The van der Waals surface area contributed by atoms with Gasteiger partial charge >= 0.3 is 6.03 Å². The summed E-state index contributed by atoms with van der Waals surface area (Å²) in [6.45, 7) is -0.239. The first kappa shape index (κ1) is 14.5. The molecule has 108 valence electrons. The topological polar surface area (TPSA) is 93.5 Å². The van der Waals surface area contributed by atoms with Gasteiger partial charge in [0.15, 0.2) is 0 Å². The highest BCUT2D eigenvalue weighted by Crippen LogP contribution is 2.22. The monoisotopic (exact) mass is 285 g/mol. The molecule has 2 rings (SSSR count). The number of anilines is 1. The third kappa shape index (κ3) is 4.63. The van der Waals surface area contributed by atoms with E-state index in [0.29, 0.717) is 11.4 Å². The van der Waals surface area contributed by atoms with Crippen molar-refractivity contribution in [2.24, 2.45) is 5.73 Å². The highest BCUT2D eigenvalue weighted by molar-refractivity contribution is 6.01. The van der Waals surface area contributed by atoms with E-state index >= 15 is 0 Å². The van der Waals surface area contributed by atoms with Crippen LogP contribution in [0, 0.1) is 0 Å².